The van der Waals surface area contributed by atoms with Gasteiger partial charge in [-0.1, -0.05) is 30.0 Å². The minimum atomic E-state index is -0.129. The third-order valence-corrected chi connectivity index (χ3v) is 3.31. The Morgan fingerprint density at radius 2 is 2.26 bits per heavy atom. The Balaban J connectivity index is 2.27. The van der Waals surface area contributed by atoms with Crippen LogP contribution in [-0.4, -0.2) is 20.8 Å². The molecular weight excluding hydrogens is 260 g/mol. The molecule has 0 aliphatic rings. The fourth-order valence-corrected chi connectivity index (χ4v) is 2.15. The van der Waals surface area contributed by atoms with Crippen LogP contribution in [0.15, 0.2) is 29.1 Å². The highest BCUT2D eigenvalue weighted by Gasteiger charge is 2.01. The first kappa shape index (κ1) is 13.5. The van der Waals surface area contributed by atoms with Crippen molar-refractivity contribution in [3.8, 4) is 0 Å². The van der Waals surface area contributed by atoms with Crippen LogP contribution in [0.2, 0.25) is 0 Å². The second-order valence-electron chi connectivity index (χ2n) is 4.13. The maximum Gasteiger partial charge on any atom is 0.258 e. The van der Waals surface area contributed by atoms with E-state index in [9.17, 15) is 9.59 Å². The van der Waals surface area contributed by atoms with Crippen LogP contribution in [0.3, 0.4) is 0 Å². The first-order valence-corrected chi connectivity index (χ1v) is 6.85. The predicted octanol–water partition coefficient (Wildman–Crippen LogP) is 2.52. The van der Waals surface area contributed by atoms with Crippen molar-refractivity contribution in [1.29, 1.82) is 0 Å². The summed E-state index contributed by atoms with van der Waals surface area (Å²) in [5, 5.41) is 0.672. The molecular formula is C14H14N2O2S. The van der Waals surface area contributed by atoms with Gasteiger partial charge >= 0.3 is 0 Å². The number of fused-ring (bicyclic) bond motifs is 1. The van der Waals surface area contributed by atoms with Crippen molar-refractivity contribution in [2.75, 3.05) is 5.75 Å². The van der Waals surface area contributed by atoms with Gasteiger partial charge in [0.05, 0.1) is 10.9 Å². The van der Waals surface area contributed by atoms with Crippen LogP contribution < -0.4 is 5.56 Å². The summed E-state index contributed by atoms with van der Waals surface area (Å²) >= 11 is 1.25. The van der Waals surface area contributed by atoms with Gasteiger partial charge in [-0.2, -0.15) is 0 Å². The molecule has 0 radical (unpaired) electrons. The zero-order chi connectivity index (χ0) is 13.8. The van der Waals surface area contributed by atoms with Gasteiger partial charge in [0.2, 0.25) is 0 Å². The number of hydrogen-bond acceptors (Lipinski definition) is 4. The lowest BCUT2D eigenvalue weighted by molar-refractivity contribution is -0.109. The topological polar surface area (TPSA) is 62.8 Å². The van der Waals surface area contributed by atoms with E-state index in [4.69, 9.17) is 0 Å². The molecule has 0 amide bonds. The van der Waals surface area contributed by atoms with Crippen molar-refractivity contribution in [3.05, 3.63) is 46.0 Å². The molecule has 2 aromatic rings. The Morgan fingerprint density at radius 1 is 1.47 bits per heavy atom. The molecule has 0 saturated carbocycles. The maximum atomic E-state index is 11.8. The van der Waals surface area contributed by atoms with Crippen molar-refractivity contribution in [2.45, 2.75) is 13.8 Å². The molecule has 4 nitrogen and oxygen atoms in total. The number of aryl methyl sites for hydroxylation is 1. The number of aromatic nitrogens is 2. The van der Waals surface area contributed by atoms with Gasteiger partial charge in [-0.3, -0.25) is 9.59 Å². The summed E-state index contributed by atoms with van der Waals surface area (Å²) in [7, 11) is 0. The summed E-state index contributed by atoms with van der Waals surface area (Å²) in [5.41, 5.74) is 1.49. The largest absolute Gasteiger partial charge is 0.310 e. The van der Waals surface area contributed by atoms with Crippen molar-refractivity contribution < 1.29 is 4.79 Å². The molecule has 0 bridgehead atoms. The number of hydrogen-bond donors (Lipinski definition) is 1. The van der Waals surface area contributed by atoms with Crippen molar-refractivity contribution in [3.63, 3.8) is 0 Å². The predicted molar refractivity (Wildman–Crippen MR) is 79.3 cm³/mol. The zero-order valence-corrected chi connectivity index (χ0v) is 11.6. The van der Waals surface area contributed by atoms with E-state index in [0.29, 0.717) is 22.5 Å². The van der Waals surface area contributed by atoms with Gasteiger partial charge in [-0.05, 0) is 24.6 Å². The second-order valence-corrected chi connectivity index (χ2v) is 5.33. The van der Waals surface area contributed by atoms with Crippen LogP contribution in [0.4, 0.5) is 0 Å². The average Bonchev–Trinajstić information content (AvgIpc) is 2.35. The van der Waals surface area contributed by atoms with Crippen LogP contribution in [0.1, 0.15) is 18.3 Å². The number of benzene rings is 1. The number of nitrogens with zero attached hydrogens (tertiary/aromatic N) is 1. The highest BCUT2D eigenvalue weighted by molar-refractivity contribution is 8.13. The first-order chi connectivity index (χ1) is 9.06. The lowest BCUT2D eigenvalue weighted by Gasteiger charge is -2.00. The van der Waals surface area contributed by atoms with E-state index in [-0.39, 0.29) is 10.7 Å². The standard InChI is InChI=1S/C14H14N2O2S/c1-9-15-13-6-5-11(4-3-7-19-10(2)17)8-12(13)14(18)16-9/h3-6,8H,7H2,1-2H3,(H,15,16,18). The van der Waals surface area contributed by atoms with Crippen molar-refractivity contribution in [1.82, 2.24) is 9.97 Å². The maximum absolute atomic E-state index is 11.8. The van der Waals surface area contributed by atoms with Crippen molar-refractivity contribution in [2.24, 2.45) is 0 Å². The molecule has 0 atom stereocenters. The molecule has 1 heterocycles. The van der Waals surface area contributed by atoms with E-state index in [2.05, 4.69) is 9.97 Å². The van der Waals surface area contributed by atoms with Crippen molar-refractivity contribution >= 4 is 33.9 Å². The van der Waals surface area contributed by atoms with Gasteiger partial charge in [-0.15, -0.1) is 0 Å². The van der Waals surface area contributed by atoms with Gasteiger partial charge in [0.1, 0.15) is 5.82 Å². The number of nitrogens with one attached hydrogen (secondary N) is 1. The van der Waals surface area contributed by atoms with E-state index in [0.717, 1.165) is 5.56 Å². The average molecular weight is 274 g/mol. The third kappa shape index (κ3) is 3.54. The van der Waals surface area contributed by atoms with E-state index in [1.807, 2.05) is 24.3 Å². The number of thioether (sulfide) groups is 1. The second kappa shape index (κ2) is 5.84. The molecule has 1 aromatic heterocycles. The first-order valence-electron chi connectivity index (χ1n) is 5.87. The van der Waals surface area contributed by atoms with Gasteiger partial charge in [0.15, 0.2) is 5.12 Å². The number of rotatable bonds is 3. The van der Waals surface area contributed by atoms with Gasteiger partial charge < -0.3 is 4.98 Å². The van der Waals surface area contributed by atoms with E-state index in [1.165, 1.54) is 11.8 Å². The molecule has 1 N–H and O–H groups in total. The smallest absolute Gasteiger partial charge is 0.258 e. The van der Waals surface area contributed by atoms with Crippen LogP contribution in [0.25, 0.3) is 17.0 Å². The summed E-state index contributed by atoms with van der Waals surface area (Å²) < 4.78 is 0. The zero-order valence-electron chi connectivity index (χ0n) is 10.8. The third-order valence-electron chi connectivity index (χ3n) is 2.54. The Bertz CT molecular complexity index is 704. The fraction of sp³-hybridized carbons (Fsp3) is 0.214. The van der Waals surface area contributed by atoms with E-state index < -0.39 is 0 Å². The normalized spacial score (nSPS) is 11.3. The molecule has 5 heteroatoms. The van der Waals surface area contributed by atoms with Crippen LogP contribution in [0.5, 0.6) is 0 Å². The molecule has 98 valence electrons. The molecule has 19 heavy (non-hydrogen) atoms. The Hall–Kier alpha value is -1.88. The fourth-order valence-electron chi connectivity index (χ4n) is 1.73. The number of H-pyrrole nitrogens is 1. The quantitative estimate of drug-likeness (QED) is 0.934. The summed E-state index contributed by atoms with van der Waals surface area (Å²) in [4.78, 5) is 29.5. The molecule has 0 fully saturated rings. The monoisotopic (exact) mass is 274 g/mol. The number of aromatic amines is 1. The highest BCUT2D eigenvalue weighted by atomic mass is 32.2. The van der Waals surface area contributed by atoms with Gasteiger partial charge in [-0.25, -0.2) is 4.98 Å². The lowest BCUT2D eigenvalue weighted by Crippen LogP contribution is -2.09. The number of carbonyl (C=O) groups is 1. The summed E-state index contributed by atoms with van der Waals surface area (Å²) in [6.07, 6.45) is 3.80. The summed E-state index contributed by atoms with van der Waals surface area (Å²) in [6.45, 7) is 3.30. The van der Waals surface area contributed by atoms with Gasteiger partial charge in [0.25, 0.3) is 5.56 Å². The Morgan fingerprint density at radius 3 is 3.00 bits per heavy atom. The molecule has 0 spiro atoms. The highest BCUT2D eigenvalue weighted by Crippen LogP contribution is 2.12. The van der Waals surface area contributed by atoms with Crippen LogP contribution in [-0.2, 0) is 4.79 Å². The molecule has 2 rings (SSSR count). The molecule has 0 saturated heterocycles. The summed E-state index contributed by atoms with van der Waals surface area (Å²) in [6, 6.07) is 5.54. The Kier molecular flexibility index (Phi) is 4.16. The SMILES string of the molecule is CC(=O)SCC=Cc1ccc2nc(C)[nH]c(=O)c2c1. The summed E-state index contributed by atoms with van der Waals surface area (Å²) in [5.74, 6) is 1.24. The Labute approximate surface area is 114 Å². The van der Waals surface area contributed by atoms with E-state index in [1.54, 1.807) is 19.9 Å². The van der Waals surface area contributed by atoms with E-state index >= 15 is 0 Å². The minimum Gasteiger partial charge on any atom is -0.310 e. The minimum absolute atomic E-state index is 0.0966. The van der Waals surface area contributed by atoms with Crippen LogP contribution in [0, 0.1) is 6.92 Å². The molecule has 0 aliphatic carbocycles. The molecule has 0 aliphatic heterocycles. The van der Waals surface area contributed by atoms with Gasteiger partial charge in [0, 0.05) is 12.7 Å². The lowest BCUT2D eigenvalue weighted by atomic mass is 10.1. The molecule has 0 unspecified atom stereocenters. The van der Waals surface area contributed by atoms with Crippen LogP contribution >= 0.6 is 11.8 Å². The number of carbonyl (C=O) groups excluding carboxylic acids is 1. The molecule has 1 aromatic carbocycles.